The van der Waals surface area contributed by atoms with Crippen molar-refractivity contribution in [3.63, 3.8) is 0 Å². The first-order chi connectivity index (χ1) is 18.4. The van der Waals surface area contributed by atoms with Gasteiger partial charge >= 0.3 is 0 Å². The highest BCUT2D eigenvalue weighted by Gasteiger charge is 2.27. The van der Waals surface area contributed by atoms with Gasteiger partial charge in [0.1, 0.15) is 11.6 Å². The Bertz CT molecular complexity index is 1910. The van der Waals surface area contributed by atoms with Crippen molar-refractivity contribution in [2.45, 2.75) is 25.9 Å². The van der Waals surface area contributed by atoms with Gasteiger partial charge in [-0.1, -0.05) is 11.6 Å². The van der Waals surface area contributed by atoms with Gasteiger partial charge in [0, 0.05) is 57.5 Å². The van der Waals surface area contributed by atoms with Crippen LogP contribution in [0.15, 0.2) is 52.7 Å². The van der Waals surface area contributed by atoms with E-state index in [4.69, 9.17) is 21.7 Å². The molecular weight excluding hydrogens is 498 g/mol. The summed E-state index contributed by atoms with van der Waals surface area (Å²) < 4.78 is 8.26. The lowest BCUT2D eigenvalue weighted by Crippen LogP contribution is -2.40. The monoisotopic (exact) mass is 525 g/mol. The molecule has 1 saturated carbocycles. The van der Waals surface area contributed by atoms with E-state index in [0.717, 1.165) is 56.5 Å². The number of nitrogens with zero attached hydrogens (tertiary/aromatic N) is 9. The molecule has 9 nitrogen and oxygen atoms in total. The second-order valence-electron chi connectivity index (χ2n) is 9.86. The van der Waals surface area contributed by atoms with Gasteiger partial charge in [-0.25, -0.2) is 0 Å². The molecule has 0 aliphatic heterocycles. The Labute approximate surface area is 224 Å². The Morgan fingerprint density at radius 3 is 2.63 bits per heavy atom. The first-order valence-corrected chi connectivity index (χ1v) is 13.0. The van der Waals surface area contributed by atoms with E-state index in [1.54, 1.807) is 7.05 Å². The topological polar surface area (TPSA) is 94.0 Å². The van der Waals surface area contributed by atoms with E-state index in [1.807, 2.05) is 77.7 Å². The van der Waals surface area contributed by atoms with E-state index in [9.17, 15) is 5.26 Å². The molecule has 0 atom stereocenters. The molecule has 0 radical (unpaired) electrons. The fourth-order valence-corrected chi connectivity index (χ4v) is 5.52. The zero-order valence-electron chi connectivity index (χ0n) is 21.9. The predicted molar refractivity (Wildman–Crippen MR) is 147 cm³/mol. The summed E-state index contributed by atoms with van der Waals surface area (Å²) in [7, 11) is 7.56. The van der Waals surface area contributed by atoms with Gasteiger partial charge < -0.3 is 4.57 Å². The largest absolute Gasteiger partial charge is 0.348 e. The van der Waals surface area contributed by atoms with Crippen molar-refractivity contribution in [1.82, 2.24) is 28.5 Å². The van der Waals surface area contributed by atoms with Gasteiger partial charge in [0.05, 0.1) is 34.4 Å². The molecule has 192 valence electrons. The van der Waals surface area contributed by atoms with Crippen molar-refractivity contribution in [2.75, 3.05) is 14.1 Å². The lowest BCUT2D eigenvalue weighted by atomic mass is 10.1. The second kappa shape index (κ2) is 9.30. The van der Waals surface area contributed by atoms with Crippen molar-refractivity contribution in [2.24, 2.45) is 30.0 Å². The number of aryl methyl sites for hydroxylation is 1. The summed E-state index contributed by atoms with van der Waals surface area (Å²) in [6, 6.07) is 11.9. The number of rotatable bonds is 5. The lowest BCUT2D eigenvalue weighted by Gasteiger charge is -2.13. The van der Waals surface area contributed by atoms with Crippen LogP contribution in [0.25, 0.3) is 33.3 Å². The molecule has 4 heterocycles. The Kier molecular flexibility index (Phi) is 5.92. The third-order valence-electron chi connectivity index (χ3n) is 7.31. The summed E-state index contributed by atoms with van der Waals surface area (Å²) in [6.07, 6.45) is 6.08. The molecule has 1 aliphatic carbocycles. The number of aromatic nitrogens is 6. The van der Waals surface area contributed by atoms with Gasteiger partial charge in [-0.05, 0) is 54.7 Å². The van der Waals surface area contributed by atoms with Crippen LogP contribution in [0.4, 0.5) is 0 Å². The lowest BCUT2D eigenvalue weighted by molar-refractivity contribution is 0.555. The fourth-order valence-electron chi connectivity index (χ4n) is 5.35. The highest BCUT2D eigenvalue weighted by Crippen LogP contribution is 2.33. The number of nitriles is 1. The van der Waals surface area contributed by atoms with Crippen LogP contribution < -0.4 is 11.1 Å². The SMILES string of the molecule is CN=c1c2c(-c3cc(C#N)cn3C)n(Cc3ccnc4ccc(Cl)cc34)nc2n(CC2CC2)c(=NC)n1C. The molecule has 0 N–H and O–H groups in total. The van der Waals surface area contributed by atoms with Crippen LogP contribution in [0.5, 0.6) is 0 Å². The molecule has 38 heavy (non-hydrogen) atoms. The third-order valence-corrected chi connectivity index (χ3v) is 7.55. The number of hydrogen-bond acceptors (Lipinski definition) is 5. The molecule has 5 aromatic rings. The molecule has 0 bridgehead atoms. The molecule has 1 aromatic carbocycles. The first kappa shape index (κ1) is 24.2. The van der Waals surface area contributed by atoms with E-state index >= 15 is 0 Å². The molecule has 1 fully saturated rings. The minimum absolute atomic E-state index is 0.491. The van der Waals surface area contributed by atoms with Crippen molar-refractivity contribution in [1.29, 1.82) is 5.26 Å². The Balaban J connectivity index is 1.72. The Morgan fingerprint density at radius 2 is 1.95 bits per heavy atom. The average Bonchev–Trinajstić information content (AvgIpc) is 3.55. The molecule has 6 rings (SSSR count). The van der Waals surface area contributed by atoms with Crippen molar-refractivity contribution < 1.29 is 0 Å². The zero-order valence-corrected chi connectivity index (χ0v) is 22.6. The Hall–Kier alpha value is -4.16. The summed E-state index contributed by atoms with van der Waals surface area (Å²) >= 11 is 6.38. The molecule has 4 aromatic heterocycles. The highest BCUT2D eigenvalue weighted by atomic mass is 35.5. The van der Waals surface area contributed by atoms with E-state index in [1.165, 1.54) is 12.8 Å². The smallest absolute Gasteiger partial charge is 0.207 e. The highest BCUT2D eigenvalue weighted by molar-refractivity contribution is 6.31. The van der Waals surface area contributed by atoms with Crippen molar-refractivity contribution in [3.05, 3.63) is 70.0 Å². The molecule has 0 unspecified atom stereocenters. The average molecular weight is 526 g/mol. The van der Waals surface area contributed by atoms with Gasteiger partial charge in [0.25, 0.3) is 0 Å². The van der Waals surface area contributed by atoms with E-state index in [2.05, 4.69) is 20.6 Å². The summed E-state index contributed by atoms with van der Waals surface area (Å²) in [5, 5.41) is 17.5. The minimum Gasteiger partial charge on any atom is -0.348 e. The number of benzene rings is 1. The van der Waals surface area contributed by atoms with E-state index in [-0.39, 0.29) is 0 Å². The van der Waals surface area contributed by atoms with Gasteiger partial charge in [0.2, 0.25) is 5.62 Å². The predicted octanol–water partition coefficient (Wildman–Crippen LogP) is 3.77. The zero-order chi connectivity index (χ0) is 26.6. The van der Waals surface area contributed by atoms with Crippen LogP contribution in [-0.4, -0.2) is 42.6 Å². The van der Waals surface area contributed by atoms with Crippen molar-refractivity contribution in [3.8, 4) is 17.5 Å². The summed E-state index contributed by atoms with van der Waals surface area (Å²) in [4.78, 5) is 13.9. The fraction of sp³-hybridized carbons (Fsp3) is 0.321. The van der Waals surface area contributed by atoms with Crippen LogP contribution in [0.3, 0.4) is 0 Å². The van der Waals surface area contributed by atoms with Crippen LogP contribution in [0, 0.1) is 17.2 Å². The summed E-state index contributed by atoms with van der Waals surface area (Å²) in [6.45, 7) is 1.34. The minimum atomic E-state index is 0.491. The van der Waals surface area contributed by atoms with Crippen LogP contribution in [0.2, 0.25) is 5.02 Å². The summed E-state index contributed by atoms with van der Waals surface area (Å²) in [5.74, 6) is 0.619. The number of pyridine rings is 1. The molecule has 0 saturated heterocycles. The molecule has 0 spiro atoms. The number of halogens is 1. The molecular formula is C28H28ClN9. The maximum absolute atomic E-state index is 9.65. The molecule has 10 heteroatoms. The van der Waals surface area contributed by atoms with Crippen LogP contribution in [-0.2, 0) is 27.2 Å². The summed E-state index contributed by atoms with van der Waals surface area (Å²) in [5.41, 5.74) is 6.77. The van der Waals surface area contributed by atoms with E-state index < -0.39 is 0 Å². The van der Waals surface area contributed by atoms with Crippen molar-refractivity contribution >= 4 is 33.5 Å². The molecule has 1 aliphatic rings. The normalized spacial score (nSPS) is 14.6. The van der Waals surface area contributed by atoms with Gasteiger partial charge in [-0.15, -0.1) is 0 Å². The van der Waals surface area contributed by atoms with Gasteiger partial charge in [0.15, 0.2) is 5.65 Å². The quantitative estimate of drug-likeness (QED) is 0.349. The Morgan fingerprint density at radius 1 is 1.13 bits per heavy atom. The number of fused-ring (bicyclic) bond motifs is 2. The maximum atomic E-state index is 9.65. The first-order valence-electron chi connectivity index (χ1n) is 12.6. The maximum Gasteiger partial charge on any atom is 0.207 e. The number of hydrogen-bond donors (Lipinski definition) is 0. The van der Waals surface area contributed by atoms with E-state index in [0.29, 0.717) is 23.0 Å². The third kappa shape index (κ3) is 3.92. The standard InChI is InChI=1S/C28H28ClN9/c1-31-26-24-25(23-11-18(13-30)14-35(23)3)38(16-19-9-10-33-22-8-7-20(29)12-21(19)22)34-27(24)37(15-17-5-6-17)28(32-2)36(26)4/h7-12,14,17H,5-6,15-16H2,1-4H3. The second-order valence-corrected chi connectivity index (χ2v) is 10.3. The van der Waals surface area contributed by atoms with Gasteiger partial charge in [-0.2, -0.15) is 10.4 Å². The van der Waals surface area contributed by atoms with Crippen LogP contribution in [0.1, 0.15) is 24.0 Å². The van der Waals surface area contributed by atoms with Gasteiger partial charge in [-0.3, -0.25) is 28.8 Å². The van der Waals surface area contributed by atoms with Crippen LogP contribution >= 0.6 is 11.6 Å². The molecule has 0 amide bonds.